The smallest absolute Gasteiger partial charge is 0.263 e. The van der Waals surface area contributed by atoms with Gasteiger partial charge in [-0.25, -0.2) is 4.98 Å². The first kappa shape index (κ1) is 19.4. The van der Waals surface area contributed by atoms with E-state index in [9.17, 15) is 4.79 Å². The maximum atomic E-state index is 13.4. The Kier molecular flexibility index (Phi) is 6.77. The average Bonchev–Trinajstić information content (AvgIpc) is 2.82. The van der Waals surface area contributed by atoms with Gasteiger partial charge in [-0.05, 0) is 57.4 Å². The molecule has 0 spiro atoms. The molecule has 3 rings (SSSR count). The molecule has 1 unspecified atom stereocenters. The Balaban J connectivity index is 2.01. The van der Waals surface area contributed by atoms with Gasteiger partial charge in [0.05, 0.1) is 11.5 Å². The summed E-state index contributed by atoms with van der Waals surface area (Å²) in [6.45, 7) is 4.23. The van der Waals surface area contributed by atoms with Crippen LogP contribution in [0.3, 0.4) is 0 Å². The molecule has 0 fully saturated rings. The molecule has 6 heteroatoms. The van der Waals surface area contributed by atoms with Gasteiger partial charge in [0, 0.05) is 23.1 Å². The standard InChI is InChI=1S/C20H27N3OS2/c1-3-14(2)23-19(24)17-15-10-6-4-7-11-16(15)26-18(17)22-20(23)25-13-9-5-8-12-21/h14H,3-11,13H2,1-2H3. The van der Waals surface area contributed by atoms with Gasteiger partial charge in [0.25, 0.3) is 5.56 Å². The third kappa shape index (κ3) is 3.99. The Morgan fingerprint density at radius 2 is 2.12 bits per heavy atom. The summed E-state index contributed by atoms with van der Waals surface area (Å²) in [6, 6.07) is 2.35. The number of hydrogen-bond donors (Lipinski definition) is 0. The molecule has 140 valence electrons. The van der Waals surface area contributed by atoms with E-state index in [1.54, 1.807) is 23.1 Å². The van der Waals surface area contributed by atoms with Crippen molar-refractivity contribution in [3.8, 4) is 6.07 Å². The van der Waals surface area contributed by atoms with Crippen LogP contribution in [-0.2, 0) is 12.8 Å². The second-order valence-corrected chi connectivity index (χ2v) is 9.18. The summed E-state index contributed by atoms with van der Waals surface area (Å²) in [5.74, 6) is 0.904. The van der Waals surface area contributed by atoms with Crippen LogP contribution in [0.15, 0.2) is 9.95 Å². The van der Waals surface area contributed by atoms with Crippen molar-refractivity contribution in [2.45, 2.75) is 82.8 Å². The van der Waals surface area contributed by atoms with Gasteiger partial charge in [-0.1, -0.05) is 25.1 Å². The van der Waals surface area contributed by atoms with Gasteiger partial charge in [0.2, 0.25) is 0 Å². The number of rotatable bonds is 7. The third-order valence-corrected chi connectivity index (χ3v) is 7.41. The molecule has 2 heterocycles. The van der Waals surface area contributed by atoms with Crippen molar-refractivity contribution in [2.75, 3.05) is 5.75 Å². The summed E-state index contributed by atoms with van der Waals surface area (Å²) in [6.07, 6.45) is 9.18. The molecule has 0 radical (unpaired) electrons. The molecule has 0 saturated heterocycles. The normalized spacial score (nSPS) is 15.4. The average molecular weight is 390 g/mol. The Bertz CT molecular complexity index is 863. The number of thioether (sulfide) groups is 1. The van der Waals surface area contributed by atoms with Crippen LogP contribution in [0.1, 0.15) is 75.3 Å². The highest BCUT2D eigenvalue weighted by atomic mass is 32.2. The number of nitriles is 1. The van der Waals surface area contributed by atoms with Crippen molar-refractivity contribution in [3.05, 3.63) is 20.8 Å². The summed E-state index contributed by atoms with van der Waals surface area (Å²) >= 11 is 3.41. The maximum Gasteiger partial charge on any atom is 0.263 e. The summed E-state index contributed by atoms with van der Waals surface area (Å²) in [7, 11) is 0. The number of fused-ring (bicyclic) bond motifs is 3. The Labute approximate surface area is 163 Å². The monoisotopic (exact) mass is 389 g/mol. The predicted octanol–water partition coefficient (Wildman–Crippen LogP) is 5.48. The second kappa shape index (κ2) is 9.05. The molecule has 0 saturated carbocycles. The van der Waals surface area contributed by atoms with Gasteiger partial charge in [0.1, 0.15) is 4.83 Å². The zero-order valence-electron chi connectivity index (χ0n) is 15.7. The van der Waals surface area contributed by atoms with Crippen molar-refractivity contribution < 1.29 is 0 Å². The molecule has 1 atom stereocenters. The summed E-state index contributed by atoms with van der Waals surface area (Å²) in [5, 5.41) is 10.4. The van der Waals surface area contributed by atoms with Crippen molar-refractivity contribution in [3.63, 3.8) is 0 Å². The SMILES string of the molecule is CCC(C)n1c(SCCCCC#N)nc2sc3c(c2c1=O)CCCCC3. The van der Waals surface area contributed by atoms with E-state index < -0.39 is 0 Å². The minimum Gasteiger partial charge on any atom is -0.284 e. The largest absolute Gasteiger partial charge is 0.284 e. The molecule has 0 amide bonds. The molecule has 2 aromatic rings. The number of aromatic nitrogens is 2. The lowest BCUT2D eigenvalue weighted by atomic mass is 10.1. The first-order valence-corrected chi connectivity index (χ1v) is 11.5. The van der Waals surface area contributed by atoms with Gasteiger partial charge in [0.15, 0.2) is 5.16 Å². The minimum absolute atomic E-state index is 0.155. The number of nitrogens with zero attached hydrogens (tertiary/aromatic N) is 3. The number of thiophene rings is 1. The zero-order valence-corrected chi connectivity index (χ0v) is 17.3. The molecule has 1 aliphatic carbocycles. The highest BCUT2D eigenvalue weighted by molar-refractivity contribution is 7.99. The molecule has 0 N–H and O–H groups in total. The van der Waals surface area contributed by atoms with Crippen LogP contribution in [0.4, 0.5) is 0 Å². The molecule has 26 heavy (non-hydrogen) atoms. The van der Waals surface area contributed by atoms with Crippen molar-refractivity contribution in [1.82, 2.24) is 9.55 Å². The molecule has 0 aromatic carbocycles. The van der Waals surface area contributed by atoms with Crippen LogP contribution in [0.5, 0.6) is 0 Å². The van der Waals surface area contributed by atoms with E-state index in [0.717, 1.165) is 53.2 Å². The Morgan fingerprint density at radius 1 is 1.31 bits per heavy atom. The van der Waals surface area contributed by atoms with Crippen molar-refractivity contribution in [2.24, 2.45) is 0 Å². The zero-order chi connectivity index (χ0) is 18.5. The molecule has 0 bridgehead atoms. The maximum absolute atomic E-state index is 13.4. The lowest BCUT2D eigenvalue weighted by Gasteiger charge is -2.17. The minimum atomic E-state index is 0.155. The Morgan fingerprint density at radius 3 is 2.88 bits per heavy atom. The predicted molar refractivity (Wildman–Crippen MR) is 110 cm³/mol. The van der Waals surface area contributed by atoms with E-state index in [0.29, 0.717) is 6.42 Å². The lowest BCUT2D eigenvalue weighted by Crippen LogP contribution is -2.26. The fourth-order valence-electron chi connectivity index (χ4n) is 3.52. The van der Waals surface area contributed by atoms with Gasteiger partial charge in [-0.15, -0.1) is 11.3 Å². The summed E-state index contributed by atoms with van der Waals surface area (Å²) in [5.41, 5.74) is 1.44. The highest BCUT2D eigenvalue weighted by Crippen LogP contribution is 2.35. The fraction of sp³-hybridized carbons (Fsp3) is 0.650. The fourth-order valence-corrected chi connectivity index (χ4v) is 5.92. The number of hydrogen-bond acceptors (Lipinski definition) is 5. The molecule has 2 aromatic heterocycles. The van der Waals surface area contributed by atoms with Crippen LogP contribution in [0.25, 0.3) is 10.2 Å². The van der Waals surface area contributed by atoms with E-state index in [1.165, 1.54) is 29.7 Å². The first-order chi connectivity index (χ1) is 12.7. The topological polar surface area (TPSA) is 58.7 Å². The van der Waals surface area contributed by atoms with Crippen LogP contribution in [0.2, 0.25) is 0 Å². The van der Waals surface area contributed by atoms with Crippen molar-refractivity contribution >= 4 is 33.3 Å². The summed E-state index contributed by atoms with van der Waals surface area (Å²) < 4.78 is 1.93. The lowest BCUT2D eigenvalue weighted by molar-refractivity contribution is 0.468. The van der Waals surface area contributed by atoms with Crippen LogP contribution >= 0.6 is 23.1 Å². The van der Waals surface area contributed by atoms with Crippen LogP contribution < -0.4 is 5.56 Å². The Hall–Kier alpha value is -1.32. The van der Waals surface area contributed by atoms with E-state index in [2.05, 4.69) is 19.9 Å². The third-order valence-electron chi connectivity index (χ3n) is 5.18. The van der Waals surface area contributed by atoms with E-state index in [1.807, 2.05) is 4.57 Å². The van der Waals surface area contributed by atoms with E-state index in [4.69, 9.17) is 10.2 Å². The van der Waals surface area contributed by atoms with Gasteiger partial charge < -0.3 is 0 Å². The quantitative estimate of drug-likeness (QED) is 0.272. The number of unbranched alkanes of at least 4 members (excludes halogenated alkanes) is 2. The molecule has 4 nitrogen and oxygen atoms in total. The van der Waals surface area contributed by atoms with Gasteiger partial charge >= 0.3 is 0 Å². The second-order valence-electron chi connectivity index (χ2n) is 7.04. The van der Waals surface area contributed by atoms with Crippen molar-refractivity contribution in [1.29, 1.82) is 5.26 Å². The van der Waals surface area contributed by atoms with E-state index in [-0.39, 0.29) is 11.6 Å². The van der Waals surface area contributed by atoms with Gasteiger partial charge in [-0.2, -0.15) is 5.26 Å². The molecule has 0 aliphatic heterocycles. The van der Waals surface area contributed by atoms with Gasteiger partial charge in [-0.3, -0.25) is 9.36 Å². The van der Waals surface area contributed by atoms with E-state index >= 15 is 0 Å². The van der Waals surface area contributed by atoms with Crippen LogP contribution in [-0.4, -0.2) is 15.3 Å². The summed E-state index contributed by atoms with van der Waals surface area (Å²) in [4.78, 5) is 20.7. The molecular formula is C20H27N3OS2. The molecule has 1 aliphatic rings. The number of aryl methyl sites for hydroxylation is 2. The van der Waals surface area contributed by atoms with Crippen LogP contribution in [0, 0.1) is 11.3 Å². The first-order valence-electron chi connectivity index (χ1n) is 9.73. The highest BCUT2D eigenvalue weighted by Gasteiger charge is 2.22. The molecular weight excluding hydrogens is 362 g/mol.